The predicted octanol–water partition coefficient (Wildman–Crippen LogP) is 22.3. The quantitative estimate of drug-likeness (QED) is 0.0222. The van der Waals surface area contributed by atoms with Gasteiger partial charge in [-0.2, -0.15) is 0 Å². The van der Waals surface area contributed by atoms with Crippen molar-refractivity contribution in [2.75, 3.05) is 39.6 Å². The van der Waals surface area contributed by atoms with Crippen molar-refractivity contribution >= 4 is 39.5 Å². The number of esters is 4. The van der Waals surface area contributed by atoms with E-state index in [0.717, 1.165) is 108 Å². The number of carbonyl (C=O) groups is 4. The fraction of sp³-hybridized carbons (Fsp3) is 0.947. The third kappa shape index (κ3) is 70.3. The van der Waals surface area contributed by atoms with Gasteiger partial charge in [0.15, 0.2) is 12.2 Å². The molecule has 564 valence electrons. The van der Waals surface area contributed by atoms with Gasteiger partial charge in [0, 0.05) is 25.7 Å². The summed E-state index contributed by atoms with van der Waals surface area (Å²) >= 11 is 0. The zero-order chi connectivity index (χ0) is 70.0. The average molecular weight is 1400 g/mol. The minimum absolute atomic E-state index is 0.106. The molecule has 0 bridgehead atoms. The molecule has 3 N–H and O–H groups in total. The summed E-state index contributed by atoms with van der Waals surface area (Å²) in [5.74, 6) is -0.580. The largest absolute Gasteiger partial charge is 0.472 e. The summed E-state index contributed by atoms with van der Waals surface area (Å²) in [4.78, 5) is 72.5. The first-order chi connectivity index (χ1) is 45.9. The van der Waals surface area contributed by atoms with E-state index in [1.54, 1.807) is 0 Å². The highest BCUT2D eigenvalue weighted by molar-refractivity contribution is 7.47. The molecule has 17 nitrogen and oxygen atoms in total. The molecular weight excluding hydrogens is 1250 g/mol. The second-order valence-corrected chi connectivity index (χ2v) is 31.3. The van der Waals surface area contributed by atoms with E-state index in [1.807, 2.05) is 0 Å². The second kappa shape index (κ2) is 67.9. The highest BCUT2D eigenvalue weighted by Crippen LogP contribution is 2.45. The van der Waals surface area contributed by atoms with Gasteiger partial charge in [-0.15, -0.1) is 0 Å². The number of rotatable bonds is 75. The van der Waals surface area contributed by atoms with Crippen LogP contribution in [0, 0.1) is 11.8 Å². The minimum atomic E-state index is -4.96. The first-order valence-corrected chi connectivity index (χ1v) is 42.5. The summed E-state index contributed by atoms with van der Waals surface area (Å²) in [6.07, 6.45) is 56.0. The summed E-state index contributed by atoms with van der Waals surface area (Å²) in [5.41, 5.74) is 0. The number of unbranched alkanes of at least 4 members (excludes halogenated alkanes) is 45. The van der Waals surface area contributed by atoms with E-state index in [9.17, 15) is 43.2 Å². The van der Waals surface area contributed by atoms with E-state index in [4.69, 9.17) is 37.0 Å². The van der Waals surface area contributed by atoms with Gasteiger partial charge >= 0.3 is 39.5 Å². The number of phosphoric acid groups is 2. The minimum Gasteiger partial charge on any atom is -0.462 e. The summed E-state index contributed by atoms with van der Waals surface area (Å²) < 4.78 is 68.3. The first kappa shape index (κ1) is 93.1. The van der Waals surface area contributed by atoms with Crippen molar-refractivity contribution in [2.45, 2.75) is 413 Å². The Morgan fingerprint density at radius 3 is 0.716 bits per heavy atom. The van der Waals surface area contributed by atoms with Crippen LogP contribution >= 0.6 is 15.6 Å². The molecule has 0 aliphatic rings. The van der Waals surface area contributed by atoms with Crippen molar-refractivity contribution in [1.29, 1.82) is 0 Å². The van der Waals surface area contributed by atoms with E-state index in [-0.39, 0.29) is 25.7 Å². The highest BCUT2D eigenvalue weighted by Gasteiger charge is 2.30. The molecular formula is C76H148O17P2. The molecule has 0 aliphatic carbocycles. The van der Waals surface area contributed by atoms with Gasteiger partial charge in [0.05, 0.1) is 26.4 Å². The Hall–Kier alpha value is -1.94. The predicted molar refractivity (Wildman–Crippen MR) is 386 cm³/mol. The van der Waals surface area contributed by atoms with Gasteiger partial charge in [0.1, 0.15) is 19.3 Å². The number of phosphoric ester groups is 2. The Morgan fingerprint density at radius 1 is 0.284 bits per heavy atom. The molecule has 19 heteroatoms. The smallest absolute Gasteiger partial charge is 0.462 e. The van der Waals surface area contributed by atoms with Crippen molar-refractivity contribution in [3.8, 4) is 0 Å². The maximum absolute atomic E-state index is 13.1. The Labute approximate surface area is 581 Å². The average Bonchev–Trinajstić information content (AvgIpc) is 1.68. The Morgan fingerprint density at radius 2 is 0.484 bits per heavy atom. The van der Waals surface area contributed by atoms with Gasteiger partial charge in [-0.3, -0.25) is 37.3 Å². The number of hydrogen-bond donors (Lipinski definition) is 3. The number of carbonyl (C=O) groups excluding carboxylic acids is 4. The fourth-order valence-electron chi connectivity index (χ4n) is 11.7. The molecule has 0 amide bonds. The summed E-state index contributed by atoms with van der Waals surface area (Å²) in [7, 11) is -9.90. The molecule has 0 saturated heterocycles. The third-order valence-corrected chi connectivity index (χ3v) is 19.6. The topological polar surface area (TPSA) is 237 Å². The van der Waals surface area contributed by atoms with Crippen molar-refractivity contribution < 1.29 is 80.2 Å². The summed E-state index contributed by atoms with van der Waals surface area (Å²) in [6.45, 7) is 9.52. The number of hydrogen-bond acceptors (Lipinski definition) is 15. The number of ether oxygens (including phenoxy) is 4. The van der Waals surface area contributed by atoms with E-state index in [1.165, 1.54) is 205 Å². The van der Waals surface area contributed by atoms with Crippen LogP contribution in [0.5, 0.6) is 0 Å². The van der Waals surface area contributed by atoms with Gasteiger partial charge in [0.25, 0.3) is 0 Å². The Kier molecular flexibility index (Phi) is 66.5. The standard InChI is InChI=1S/C76H148O17P2/c1-7-9-11-13-14-15-16-17-18-19-20-21-22-23-24-25-32-37-42-48-54-60-76(81)93-72(65-87-74(79)59-53-47-41-36-31-27-26-29-34-39-45-50-56-68(3)4)67-91-95(84,85)89-63-70(77)62-88-94(82,83)90-66-71(64-86-73(78)58-52-44-12-10-8-2)92-75(80)61-55-49-43-38-33-28-30-35-40-46-51-57-69(5)6/h68-72,77H,7-67H2,1-6H3,(H,82,83)(H,84,85)/t70-,71+,72+/m0/s1. The molecule has 95 heavy (non-hydrogen) atoms. The van der Waals surface area contributed by atoms with E-state index in [0.29, 0.717) is 25.7 Å². The number of aliphatic hydroxyl groups excluding tert-OH is 1. The third-order valence-electron chi connectivity index (χ3n) is 17.7. The van der Waals surface area contributed by atoms with Gasteiger partial charge < -0.3 is 33.8 Å². The van der Waals surface area contributed by atoms with Gasteiger partial charge in [-0.05, 0) is 37.5 Å². The van der Waals surface area contributed by atoms with Crippen molar-refractivity contribution in [2.24, 2.45) is 11.8 Å². The van der Waals surface area contributed by atoms with Crippen LogP contribution in [0.15, 0.2) is 0 Å². The van der Waals surface area contributed by atoms with Crippen molar-refractivity contribution in [3.63, 3.8) is 0 Å². The van der Waals surface area contributed by atoms with Gasteiger partial charge in [0.2, 0.25) is 0 Å². The van der Waals surface area contributed by atoms with Crippen molar-refractivity contribution in [1.82, 2.24) is 0 Å². The molecule has 0 heterocycles. The Bertz CT molecular complexity index is 1840. The van der Waals surface area contributed by atoms with Crippen LogP contribution in [0.2, 0.25) is 0 Å². The molecule has 0 aromatic rings. The molecule has 0 spiro atoms. The lowest BCUT2D eigenvalue weighted by atomic mass is 10.0. The molecule has 0 aromatic carbocycles. The summed E-state index contributed by atoms with van der Waals surface area (Å²) in [6, 6.07) is 0. The second-order valence-electron chi connectivity index (χ2n) is 28.3. The van der Waals surface area contributed by atoms with Crippen LogP contribution in [0.4, 0.5) is 0 Å². The molecule has 0 fully saturated rings. The maximum Gasteiger partial charge on any atom is 0.472 e. The van der Waals surface area contributed by atoms with E-state index >= 15 is 0 Å². The van der Waals surface area contributed by atoms with Crippen LogP contribution in [-0.4, -0.2) is 96.7 Å². The molecule has 0 saturated carbocycles. The zero-order valence-electron chi connectivity index (χ0n) is 62.0. The normalized spacial score (nSPS) is 14.0. The first-order valence-electron chi connectivity index (χ1n) is 39.5. The van der Waals surface area contributed by atoms with Crippen LogP contribution in [0.25, 0.3) is 0 Å². The van der Waals surface area contributed by atoms with Crippen LogP contribution < -0.4 is 0 Å². The molecule has 0 rings (SSSR count). The highest BCUT2D eigenvalue weighted by atomic mass is 31.2. The molecule has 0 radical (unpaired) electrons. The number of aliphatic hydroxyl groups is 1. The molecule has 0 aliphatic heterocycles. The summed E-state index contributed by atoms with van der Waals surface area (Å²) in [5, 5.41) is 10.6. The zero-order valence-corrected chi connectivity index (χ0v) is 63.8. The molecule has 0 aromatic heterocycles. The van der Waals surface area contributed by atoms with Crippen molar-refractivity contribution in [3.05, 3.63) is 0 Å². The van der Waals surface area contributed by atoms with Gasteiger partial charge in [-0.25, -0.2) is 9.13 Å². The monoisotopic (exact) mass is 1400 g/mol. The maximum atomic E-state index is 13.1. The van der Waals surface area contributed by atoms with E-state index < -0.39 is 97.5 Å². The SMILES string of the molecule is CCCCCCCCCCCCCCCCCCCCCCCC(=O)O[C@H](COC(=O)CCCCCCCCCCCCCCC(C)C)COP(=O)(O)OC[C@@H](O)COP(=O)(O)OC[C@@H](COC(=O)CCCCCCC)OC(=O)CCCCCCCCCCCCCC(C)C. The Balaban J connectivity index is 5.12. The lowest BCUT2D eigenvalue weighted by Crippen LogP contribution is -2.30. The lowest BCUT2D eigenvalue weighted by Gasteiger charge is -2.21. The fourth-order valence-corrected chi connectivity index (χ4v) is 13.2. The molecule has 2 unspecified atom stereocenters. The van der Waals surface area contributed by atoms with Crippen LogP contribution in [0.1, 0.15) is 395 Å². The van der Waals surface area contributed by atoms with E-state index in [2.05, 4.69) is 41.5 Å². The molecule has 5 atom stereocenters. The van der Waals surface area contributed by atoms with Gasteiger partial charge in [-0.1, -0.05) is 343 Å². The van der Waals surface area contributed by atoms with Crippen LogP contribution in [-0.2, 0) is 65.4 Å². The lowest BCUT2D eigenvalue weighted by molar-refractivity contribution is -0.161. The van der Waals surface area contributed by atoms with Crippen LogP contribution in [0.3, 0.4) is 0 Å².